The summed E-state index contributed by atoms with van der Waals surface area (Å²) in [5, 5.41) is 14.5. The summed E-state index contributed by atoms with van der Waals surface area (Å²) in [5.74, 6) is 0.213. The molecule has 2 aromatic rings. The van der Waals surface area contributed by atoms with E-state index < -0.39 is 6.10 Å². The van der Waals surface area contributed by atoms with Crippen LogP contribution in [0, 0.1) is 0 Å². The fourth-order valence-electron chi connectivity index (χ4n) is 2.92. The molecule has 1 heterocycles. The number of rotatable bonds is 2. The molecule has 3 rings (SSSR count). The Bertz CT molecular complexity index is 672. The number of hydrogen-bond acceptors (Lipinski definition) is 4. The van der Waals surface area contributed by atoms with E-state index in [1.807, 2.05) is 24.3 Å². The minimum Gasteiger partial charge on any atom is -0.391 e. The fourth-order valence-corrected chi connectivity index (χ4v) is 2.92. The van der Waals surface area contributed by atoms with Gasteiger partial charge in [-0.2, -0.15) is 0 Å². The Morgan fingerprint density at radius 1 is 1.24 bits per heavy atom. The van der Waals surface area contributed by atoms with Gasteiger partial charge in [0.2, 0.25) is 0 Å². The Labute approximate surface area is 123 Å². The molecule has 0 radical (unpaired) electrons. The Hall–Kier alpha value is -2.14. The zero-order chi connectivity index (χ0) is 14.8. The van der Waals surface area contributed by atoms with Crippen molar-refractivity contribution in [2.75, 3.05) is 5.73 Å². The zero-order valence-corrected chi connectivity index (χ0v) is 11.7. The average molecular weight is 285 g/mol. The number of aliphatic hydroxyl groups is 1. The topological polar surface area (TPSA) is 88.2 Å². The van der Waals surface area contributed by atoms with Crippen molar-refractivity contribution in [1.82, 2.24) is 10.3 Å². The van der Waals surface area contributed by atoms with E-state index in [-0.39, 0.29) is 11.9 Å². The first kappa shape index (κ1) is 13.8. The molecule has 4 N–H and O–H groups in total. The molecule has 1 aromatic carbocycles. The lowest BCUT2D eigenvalue weighted by Gasteiger charge is -2.28. The van der Waals surface area contributed by atoms with Gasteiger partial charge in [-0.25, -0.2) is 4.98 Å². The second-order valence-electron chi connectivity index (χ2n) is 5.53. The minimum atomic E-state index is -0.462. The number of fused-ring (bicyclic) bond motifs is 1. The number of amides is 1. The van der Waals surface area contributed by atoms with E-state index in [9.17, 15) is 9.90 Å². The van der Waals surface area contributed by atoms with Gasteiger partial charge in [0.1, 0.15) is 5.82 Å². The van der Waals surface area contributed by atoms with E-state index in [4.69, 9.17) is 5.73 Å². The molecule has 110 valence electrons. The van der Waals surface area contributed by atoms with Crippen molar-refractivity contribution in [2.45, 2.75) is 37.8 Å². The zero-order valence-electron chi connectivity index (χ0n) is 11.7. The van der Waals surface area contributed by atoms with Crippen LogP contribution in [0.5, 0.6) is 0 Å². The maximum absolute atomic E-state index is 12.5. The highest BCUT2D eigenvalue weighted by Gasteiger charge is 2.25. The van der Waals surface area contributed by atoms with Gasteiger partial charge in [-0.05, 0) is 18.2 Å². The summed E-state index contributed by atoms with van der Waals surface area (Å²) in [6, 6.07) is 7.27. The molecule has 1 amide bonds. The Kier molecular flexibility index (Phi) is 3.75. The summed E-state index contributed by atoms with van der Waals surface area (Å²) in [4.78, 5) is 16.6. The van der Waals surface area contributed by atoms with Crippen LogP contribution < -0.4 is 11.1 Å². The molecule has 1 aliphatic rings. The highest BCUT2D eigenvalue weighted by molar-refractivity contribution is 6.09. The molecule has 1 aromatic heterocycles. The second kappa shape index (κ2) is 5.69. The van der Waals surface area contributed by atoms with Crippen LogP contribution in [0.1, 0.15) is 36.0 Å². The normalized spacial score (nSPS) is 22.1. The van der Waals surface area contributed by atoms with Crippen molar-refractivity contribution >= 4 is 22.5 Å². The number of hydrogen-bond donors (Lipinski definition) is 3. The molecule has 1 aliphatic carbocycles. The lowest BCUT2D eigenvalue weighted by atomic mass is 9.92. The number of carbonyl (C=O) groups is 1. The number of nitrogens with one attached hydrogen (secondary N) is 1. The standard InChI is InChI=1S/C16H19N3O2/c17-15-11-6-2-1-5-10(11)12(9-18-15)16(21)19-13-7-3-4-8-14(13)20/h1-2,5-6,9,13-14,20H,3-4,7-8H2,(H2,17,18)(H,19,21). The van der Waals surface area contributed by atoms with Crippen LogP contribution in [0.2, 0.25) is 0 Å². The molecular weight excluding hydrogens is 266 g/mol. The van der Waals surface area contributed by atoms with Crippen molar-refractivity contribution in [3.05, 3.63) is 36.0 Å². The number of nitrogens with two attached hydrogens (primary N) is 1. The summed E-state index contributed by atoms with van der Waals surface area (Å²) in [7, 11) is 0. The van der Waals surface area contributed by atoms with Crippen LogP contribution in [0.15, 0.2) is 30.5 Å². The van der Waals surface area contributed by atoms with Gasteiger partial charge in [0.25, 0.3) is 5.91 Å². The summed E-state index contributed by atoms with van der Waals surface area (Å²) >= 11 is 0. The molecule has 1 fully saturated rings. The number of carbonyl (C=O) groups excluding carboxylic acids is 1. The second-order valence-corrected chi connectivity index (χ2v) is 5.53. The van der Waals surface area contributed by atoms with E-state index in [0.717, 1.165) is 36.5 Å². The predicted octanol–water partition coefficient (Wildman–Crippen LogP) is 1.85. The first-order valence-corrected chi connectivity index (χ1v) is 7.29. The van der Waals surface area contributed by atoms with Crippen LogP contribution in [-0.4, -0.2) is 28.1 Å². The number of pyridine rings is 1. The molecule has 5 nitrogen and oxygen atoms in total. The van der Waals surface area contributed by atoms with Gasteiger partial charge >= 0.3 is 0 Å². The SMILES string of the molecule is Nc1ncc(C(=O)NC2CCCCC2O)c2ccccc12. The van der Waals surface area contributed by atoms with Gasteiger partial charge in [0, 0.05) is 11.6 Å². The van der Waals surface area contributed by atoms with Crippen LogP contribution in [0.3, 0.4) is 0 Å². The number of nitrogen functional groups attached to an aromatic ring is 1. The number of nitrogens with zero attached hydrogens (tertiary/aromatic N) is 1. The lowest BCUT2D eigenvalue weighted by molar-refractivity contribution is 0.0718. The Morgan fingerprint density at radius 3 is 2.71 bits per heavy atom. The van der Waals surface area contributed by atoms with E-state index in [2.05, 4.69) is 10.3 Å². The molecule has 0 saturated heterocycles. The number of anilines is 1. The summed E-state index contributed by atoms with van der Waals surface area (Å²) in [6.45, 7) is 0. The fraction of sp³-hybridized carbons (Fsp3) is 0.375. The van der Waals surface area contributed by atoms with Crippen molar-refractivity contribution in [3.63, 3.8) is 0 Å². The van der Waals surface area contributed by atoms with Crippen molar-refractivity contribution in [1.29, 1.82) is 0 Å². The third-order valence-electron chi connectivity index (χ3n) is 4.12. The van der Waals surface area contributed by atoms with E-state index in [0.29, 0.717) is 11.4 Å². The number of benzene rings is 1. The van der Waals surface area contributed by atoms with Crippen molar-refractivity contribution < 1.29 is 9.90 Å². The minimum absolute atomic E-state index is 0.178. The first-order chi connectivity index (χ1) is 10.2. The Balaban J connectivity index is 1.89. The number of aliphatic hydroxyl groups excluding tert-OH is 1. The van der Waals surface area contributed by atoms with Crippen LogP contribution in [0.4, 0.5) is 5.82 Å². The van der Waals surface area contributed by atoms with E-state index >= 15 is 0 Å². The molecule has 2 unspecified atom stereocenters. The first-order valence-electron chi connectivity index (χ1n) is 7.29. The molecule has 2 atom stereocenters. The van der Waals surface area contributed by atoms with Gasteiger partial charge in [-0.3, -0.25) is 4.79 Å². The third-order valence-corrected chi connectivity index (χ3v) is 4.12. The van der Waals surface area contributed by atoms with Gasteiger partial charge in [0.15, 0.2) is 0 Å². The van der Waals surface area contributed by atoms with Gasteiger partial charge in [-0.1, -0.05) is 37.1 Å². The predicted molar refractivity (Wildman–Crippen MR) is 81.9 cm³/mol. The maximum atomic E-state index is 12.5. The summed E-state index contributed by atoms with van der Waals surface area (Å²) in [6.07, 6.45) is 4.64. The maximum Gasteiger partial charge on any atom is 0.253 e. The van der Waals surface area contributed by atoms with Crippen LogP contribution >= 0.6 is 0 Å². The molecule has 0 aliphatic heterocycles. The average Bonchev–Trinajstić information content (AvgIpc) is 2.50. The van der Waals surface area contributed by atoms with Gasteiger partial charge < -0.3 is 16.2 Å². The third kappa shape index (κ3) is 2.69. The summed E-state index contributed by atoms with van der Waals surface area (Å²) in [5.41, 5.74) is 6.35. The smallest absolute Gasteiger partial charge is 0.253 e. The molecule has 0 bridgehead atoms. The Morgan fingerprint density at radius 2 is 1.95 bits per heavy atom. The van der Waals surface area contributed by atoms with E-state index in [1.54, 1.807) is 0 Å². The van der Waals surface area contributed by atoms with Crippen molar-refractivity contribution in [3.8, 4) is 0 Å². The largest absolute Gasteiger partial charge is 0.391 e. The monoisotopic (exact) mass is 285 g/mol. The van der Waals surface area contributed by atoms with Crippen molar-refractivity contribution in [2.24, 2.45) is 0 Å². The van der Waals surface area contributed by atoms with Crippen LogP contribution in [0.25, 0.3) is 10.8 Å². The molecule has 1 saturated carbocycles. The summed E-state index contributed by atoms with van der Waals surface area (Å²) < 4.78 is 0. The quantitative estimate of drug-likeness (QED) is 0.785. The molecule has 21 heavy (non-hydrogen) atoms. The highest BCUT2D eigenvalue weighted by atomic mass is 16.3. The van der Waals surface area contributed by atoms with Gasteiger partial charge in [-0.15, -0.1) is 0 Å². The van der Waals surface area contributed by atoms with Crippen LogP contribution in [-0.2, 0) is 0 Å². The lowest BCUT2D eigenvalue weighted by Crippen LogP contribution is -2.45. The molecular formula is C16H19N3O2. The number of aromatic nitrogens is 1. The highest BCUT2D eigenvalue weighted by Crippen LogP contribution is 2.23. The van der Waals surface area contributed by atoms with Gasteiger partial charge in [0.05, 0.1) is 17.7 Å². The molecule has 0 spiro atoms. The molecule has 5 heteroatoms. The van der Waals surface area contributed by atoms with E-state index in [1.165, 1.54) is 6.20 Å².